The summed E-state index contributed by atoms with van der Waals surface area (Å²) in [7, 11) is 0. The van der Waals surface area contributed by atoms with E-state index in [0.29, 0.717) is 11.4 Å². The zero-order chi connectivity index (χ0) is 12.8. The number of ether oxygens (including phenoxy) is 1. The zero-order valence-electron chi connectivity index (χ0n) is 11.0. The summed E-state index contributed by atoms with van der Waals surface area (Å²) in [4.78, 5) is 0. The molecule has 1 heterocycles. The predicted molar refractivity (Wildman–Crippen MR) is 78.9 cm³/mol. The molecule has 3 unspecified atom stereocenters. The van der Waals surface area contributed by atoms with Gasteiger partial charge in [0.15, 0.2) is 0 Å². The van der Waals surface area contributed by atoms with E-state index in [4.69, 9.17) is 10.5 Å². The maximum Gasteiger partial charge on any atom is 0.0666 e. The molecule has 0 aliphatic carbocycles. The molecule has 3 atom stereocenters. The van der Waals surface area contributed by atoms with Crippen LogP contribution in [-0.2, 0) is 4.74 Å². The van der Waals surface area contributed by atoms with Gasteiger partial charge >= 0.3 is 0 Å². The van der Waals surface area contributed by atoms with Crippen molar-refractivity contribution in [1.29, 1.82) is 0 Å². The molecule has 1 aliphatic heterocycles. The minimum atomic E-state index is 0.127. The second-order valence-corrected chi connectivity index (χ2v) is 6.12. The quantitative estimate of drug-likeness (QED) is 0.856. The van der Waals surface area contributed by atoms with Crippen LogP contribution in [0.15, 0.2) is 30.3 Å². The van der Waals surface area contributed by atoms with Gasteiger partial charge < -0.3 is 10.5 Å². The van der Waals surface area contributed by atoms with Crippen LogP contribution in [0.25, 0.3) is 0 Å². The summed E-state index contributed by atoms with van der Waals surface area (Å²) in [5, 5.41) is 0.483. The van der Waals surface area contributed by atoms with Crippen molar-refractivity contribution in [2.45, 2.75) is 43.6 Å². The van der Waals surface area contributed by atoms with E-state index in [2.05, 4.69) is 31.2 Å². The van der Waals surface area contributed by atoms with Gasteiger partial charge in [0, 0.05) is 23.7 Å². The highest BCUT2D eigenvalue weighted by molar-refractivity contribution is 8.00. The van der Waals surface area contributed by atoms with Crippen molar-refractivity contribution in [3.63, 3.8) is 0 Å². The smallest absolute Gasteiger partial charge is 0.0666 e. The molecule has 0 aromatic heterocycles. The van der Waals surface area contributed by atoms with Crippen LogP contribution in [-0.4, -0.2) is 23.7 Å². The molecule has 0 spiro atoms. The van der Waals surface area contributed by atoms with E-state index >= 15 is 0 Å². The Morgan fingerprint density at radius 3 is 2.78 bits per heavy atom. The maximum atomic E-state index is 6.37. The molecule has 18 heavy (non-hydrogen) atoms. The van der Waals surface area contributed by atoms with E-state index in [9.17, 15) is 0 Å². The Morgan fingerprint density at radius 1 is 1.39 bits per heavy atom. The zero-order valence-corrected chi connectivity index (χ0v) is 11.9. The van der Waals surface area contributed by atoms with Crippen molar-refractivity contribution in [2.24, 2.45) is 5.73 Å². The highest BCUT2D eigenvalue weighted by atomic mass is 32.2. The van der Waals surface area contributed by atoms with Gasteiger partial charge in [0.05, 0.1) is 6.10 Å². The summed E-state index contributed by atoms with van der Waals surface area (Å²) in [6.07, 6.45) is 3.98. The van der Waals surface area contributed by atoms with Crippen LogP contribution in [0.5, 0.6) is 0 Å². The van der Waals surface area contributed by atoms with Crippen LogP contribution in [0, 0.1) is 0 Å². The van der Waals surface area contributed by atoms with Crippen LogP contribution in [0.2, 0.25) is 0 Å². The summed E-state index contributed by atoms with van der Waals surface area (Å²) < 4.78 is 5.67. The highest BCUT2D eigenvalue weighted by Gasteiger charge is 2.22. The fourth-order valence-corrected chi connectivity index (χ4v) is 3.70. The normalized spacial score (nSPS) is 22.9. The number of hydrogen-bond donors (Lipinski definition) is 1. The van der Waals surface area contributed by atoms with Gasteiger partial charge in [0.1, 0.15) is 0 Å². The van der Waals surface area contributed by atoms with Crippen LogP contribution in [0.4, 0.5) is 0 Å². The molecule has 2 nitrogen and oxygen atoms in total. The molecule has 2 N–H and O–H groups in total. The van der Waals surface area contributed by atoms with Crippen molar-refractivity contribution < 1.29 is 4.74 Å². The number of benzene rings is 1. The Morgan fingerprint density at radius 2 is 2.17 bits per heavy atom. The highest BCUT2D eigenvalue weighted by Crippen LogP contribution is 2.29. The second-order valence-electron chi connectivity index (χ2n) is 4.85. The molecule has 0 bridgehead atoms. The predicted octanol–water partition coefficient (Wildman–Crippen LogP) is 3.38. The summed E-state index contributed by atoms with van der Waals surface area (Å²) in [6.45, 7) is 3.16. The minimum Gasteiger partial charge on any atom is -0.377 e. The van der Waals surface area contributed by atoms with Crippen LogP contribution in [0.1, 0.15) is 37.8 Å². The first kappa shape index (κ1) is 13.9. The molecule has 1 aromatic rings. The lowest BCUT2D eigenvalue weighted by Gasteiger charge is -2.23. The van der Waals surface area contributed by atoms with Gasteiger partial charge in [0.2, 0.25) is 0 Å². The lowest BCUT2D eigenvalue weighted by Crippen LogP contribution is -2.25. The third kappa shape index (κ3) is 3.74. The molecule has 1 aliphatic rings. The van der Waals surface area contributed by atoms with E-state index in [0.717, 1.165) is 18.8 Å². The maximum absolute atomic E-state index is 6.37. The van der Waals surface area contributed by atoms with Gasteiger partial charge in [-0.15, -0.1) is 0 Å². The molecular weight excluding hydrogens is 242 g/mol. The fourth-order valence-electron chi connectivity index (χ4n) is 2.37. The van der Waals surface area contributed by atoms with E-state index in [-0.39, 0.29) is 6.04 Å². The molecule has 0 amide bonds. The summed E-state index contributed by atoms with van der Waals surface area (Å²) in [5.41, 5.74) is 7.61. The summed E-state index contributed by atoms with van der Waals surface area (Å²) in [5.74, 6) is 1.08. The lowest BCUT2D eigenvalue weighted by atomic mass is 10.0. The van der Waals surface area contributed by atoms with Crippen LogP contribution in [0.3, 0.4) is 0 Å². The standard InChI is InChI=1S/C15H23NOS/c1-2-14(18-11-13-9-6-10-17-13)15(16)12-7-4-3-5-8-12/h3-5,7-8,13-15H,2,6,9-11,16H2,1H3. The largest absolute Gasteiger partial charge is 0.377 e. The molecule has 1 fully saturated rings. The SMILES string of the molecule is CCC(SCC1CCCO1)C(N)c1ccccc1. The van der Waals surface area contributed by atoms with Gasteiger partial charge in [-0.3, -0.25) is 0 Å². The average molecular weight is 265 g/mol. The van der Waals surface area contributed by atoms with E-state index in [1.807, 2.05) is 17.8 Å². The summed E-state index contributed by atoms with van der Waals surface area (Å²) >= 11 is 1.97. The third-order valence-electron chi connectivity index (χ3n) is 3.51. The molecule has 1 saturated heterocycles. The third-order valence-corrected chi connectivity index (χ3v) is 5.13. The van der Waals surface area contributed by atoms with Crippen molar-refractivity contribution in [3.05, 3.63) is 35.9 Å². The Hall–Kier alpha value is -0.510. The molecule has 2 rings (SSSR count). The van der Waals surface area contributed by atoms with E-state index in [1.165, 1.54) is 18.4 Å². The molecule has 100 valence electrons. The van der Waals surface area contributed by atoms with Crippen LogP contribution < -0.4 is 5.73 Å². The first-order chi connectivity index (χ1) is 8.81. The summed E-state index contributed by atoms with van der Waals surface area (Å²) in [6, 6.07) is 10.5. The first-order valence-electron chi connectivity index (χ1n) is 6.85. The molecule has 0 radical (unpaired) electrons. The number of rotatable bonds is 6. The van der Waals surface area contributed by atoms with Crippen molar-refractivity contribution in [2.75, 3.05) is 12.4 Å². The van der Waals surface area contributed by atoms with Gasteiger partial charge in [-0.25, -0.2) is 0 Å². The first-order valence-corrected chi connectivity index (χ1v) is 7.90. The van der Waals surface area contributed by atoms with Gasteiger partial charge in [-0.2, -0.15) is 11.8 Å². The Balaban J connectivity index is 1.87. The van der Waals surface area contributed by atoms with Gasteiger partial charge in [-0.05, 0) is 24.8 Å². The number of hydrogen-bond acceptors (Lipinski definition) is 3. The van der Waals surface area contributed by atoms with Crippen molar-refractivity contribution in [1.82, 2.24) is 0 Å². The van der Waals surface area contributed by atoms with E-state index in [1.54, 1.807) is 0 Å². The Kier molecular flexibility index (Phi) is 5.54. The van der Waals surface area contributed by atoms with Gasteiger partial charge in [-0.1, -0.05) is 37.3 Å². The van der Waals surface area contributed by atoms with Crippen molar-refractivity contribution >= 4 is 11.8 Å². The molecule has 0 saturated carbocycles. The molecular formula is C15H23NOS. The number of thioether (sulfide) groups is 1. The Labute approximate surface area is 114 Å². The van der Waals surface area contributed by atoms with Crippen molar-refractivity contribution in [3.8, 4) is 0 Å². The van der Waals surface area contributed by atoms with Gasteiger partial charge in [0.25, 0.3) is 0 Å². The Bertz CT molecular complexity index is 338. The average Bonchev–Trinajstić information content (AvgIpc) is 2.93. The molecule has 1 aromatic carbocycles. The minimum absolute atomic E-state index is 0.127. The monoisotopic (exact) mass is 265 g/mol. The second kappa shape index (κ2) is 7.17. The van der Waals surface area contributed by atoms with Crippen LogP contribution >= 0.6 is 11.8 Å². The lowest BCUT2D eigenvalue weighted by molar-refractivity contribution is 0.128. The fraction of sp³-hybridized carbons (Fsp3) is 0.600. The molecule has 3 heteroatoms. The number of nitrogens with two attached hydrogens (primary N) is 1. The van der Waals surface area contributed by atoms with E-state index < -0.39 is 0 Å². The topological polar surface area (TPSA) is 35.2 Å².